The van der Waals surface area contributed by atoms with Crippen molar-refractivity contribution in [3.63, 3.8) is 0 Å². The second-order valence-corrected chi connectivity index (χ2v) is 9.71. The van der Waals surface area contributed by atoms with E-state index < -0.39 is 5.41 Å². The molecule has 4 nitrogen and oxygen atoms in total. The lowest BCUT2D eigenvalue weighted by Crippen LogP contribution is -2.46. The van der Waals surface area contributed by atoms with Crippen LogP contribution in [0.1, 0.15) is 75.4 Å². The van der Waals surface area contributed by atoms with E-state index in [-0.39, 0.29) is 23.2 Å². The first-order chi connectivity index (χ1) is 15.0. The lowest BCUT2D eigenvalue weighted by molar-refractivity contribution is -0.121. The van der Waals surface area contributed by atoms with Gasteiger partial charge in [-0.1, -0.05) is 69.5 Å². The maximum atomic E-state index is 12.7. The van der Waals surface area contributed by atoms with Crippen LogP contribution in [0.2, 0.25) is 0 Å². The Bertz CT molecular complexity index is 1090. The van der Waals surface area contributed by atoms with Gasteiger partial charge in [-0.2, -0.15) is 5.26 Å². The Kier molecular flexibility index (Phi) is 5.01. The molecular formula is C27H29N3O. The smallest absolute Gasteiger partial charge is 0.176 e. The van der Waals surface area contributed by atoms with Crippen LogP contribution in [0, 0.1) is 23.2 Å². The number of benzene rings is 1. The van der Waals surface area contributed by atoms with Gasteiger partial charge in [0.25, 0.3) is 0 Å². The molecule has 2 aromatic rings. The lowest BCUT2D eigenvalue weighted by Gasteiger charge is -2.46. The number of fused-ring (bicyclic) bond motifs is 3. The molecule has 0 spiro atoms. The Morgan fingerprint density at radius 3 is 2.52 bits per heavy atom. The molecule has 4 heteroatoms. The van der Waals surface area contributed by atoms with E-state index >= 15 is 0 Å². The molecule has 1 aromatic carbocycles. The summed E-state index contributed by atoms with van der Waals surface area (Å²) in [6, 6.07) is 12.6. The molecule has 3 aliphatic carbocycles. The van der Waals surface area contributed by atoms with Gasteiger partial charge in [-0.3, -0.25) is 4.79 Å². The first-order valence-electron chi connectivity index (χ1n) is 11.7. The van der Waals surface area contributed by atoms with E-state index in [1.807, 2.05) is 19.1 Å². The minimum absolute atomic E-state index is 0.0155. The van der Waals surface area contributed by atoms with E-state index in [1.165, 1.54) is 24.8 Å². The highest BCUT2D eigenvalue weighted by Crippen LogP contribution is 2.51. The molecule has 31 heavy (non-hydrogen) atoms. The minimum atomic E-state index is -0.415. The Morgan fingerprint density at radius 1 is 1.06 bits per heavy atom. The third kappa shape index (κ3) is 3.22. The van der Waals surface area contributed by atoms with Gasteiger partial charge in [-0.15, -0.1) is 0 Å². The number of Topliss-reactive ketones (excluding diaryl/α,β-unsaturated/α-hetero) is 1. The summed E-state index contributed by atoms with van der Waals surface area (Å²) in [5, 5.41) is 9.65. The number of carbonyl (C=O) groups excluding carboxylic acids is 1. The van der Waals surface area contributed by atoms with Crippen LogP contribution in [0.4, 0.5) is 0 Å². The van der Waals surface area contributed by atoms with Gasteiger partial charge in [-0.25, -0.2) is 9.97 Å². The van der Waals surface area contributed by atoms with Crippen LogP contribution in [0.3, 0.4) is 0 Å². The molecule has 0 aliphatic heterocycles. The predicted octanol–water partition coefficient (Wildman–Crippen LogP) is 5.68. The molecule has 5 rings (SSSR count). The van der Waals surface area contributed by atoms with E-state index in [0.29, 0.717) is 5.92 Å². The summed E-state index contributed by atoms with van der Waals surface area (Å²) in [4.78, 5) is 23.1. The Balaban J connectivity index is 1.75. The molecule has 3 aliphatic rings. The van der Waals surface area contributed by atoms with Crippen LogP contribution >= 0.6 is 0 Å². The summed E-state index contributed by atoms with van der Waals surface area (Å²) < 4.78 is 0. The van der Waals surface area contributed by atoms with Crippen molar-refractivity contribution < 1.29 is 4.79 Å². The molecule has 0 saturated heterocycles. The molecule has 0 amide bonds. The zero-order valence-electron chi connectivity index (χ0n) is 18.4. The first kappa shape index (κ1) is 20.1. The van der Waals surface area contributed by atoms with E-state index in [1.54, 1.807) is 0 Å². The summed E-state index contributed by atoms with van der Waals surface area (Å²) >= 11 is 0. The van der Waals surface area contributed by atoms with Crippen molar-refractivity contribution in [1.29, 1.82) is 5.26 Å². The quantitative estimate of drug-likeness (QED) is 0.637. The zero-order valence-corrected chi connectivity index (χ0v) is 18.4. The predicted molar refractivity (Wildman–Crippen MR) is 120 cm³/mol. The van der Waals surface area contributed by atoms with Gasteiger partial charge in [0.2, 0.25) is 0 Å². The monoisotopic (exact) mass is 411 g/mol. The minimum Gasteiger partial charge on any atom is -0.293 e. The molecule has 1 aromatic heterocycles. The average Bonchev–Trinajstić information content (AvgIpc) is 2.82. The molecule has 1 saturated carbocycles. The molecule has 3 atom stereocenters. The summed E-state index contributed by atoms with van der Waals surface area (Å²) in [6.07, 6.45) is 9.74. The summed E-state index contributed by atoms with van der Waals surface area (Å²) in [6.45, 7) is 4.17. The zero-order chi connectivity index (χ0) is 21.6. The Morgan fingerprint density at radius 2 is 1.81 bits per heavy atom. The van der Waals surface area contributed by atoms with Crippen LogP contribution in [0.25, 0.3) is 11.3 Å². The van der Waals surface area contributed by atoms with Gasteiger partial charge in [0, 0.05) is 28.4 Å². The van der Waals surface area contributed by atoms with Gasteiger partial charge in [-0.05, 0) is 31.6 Å². The number of hydrogen-bond donors (Lipinski definition) is 0. The Hall–Kier alpha value is -2.80. The van der Waals surface area contributed by atoms with E-state index in [4.69, 9.17) is 9.97 Å². The maximum Gasteiger partial charge on any atom is 0.176 e. The number of rotatable bonds is 2. The number of aromatic nitrogens is 2. The van der Waals surface area contributed by atoms with Gasteiger partial charge in [0.15, 0.2) is 5.78 Å². The number of hydrogen-bond acceptors (Lipinski definition) is 4. The fourth-order valence-electron chi connectivity index (χ4n) is 6.17. The van der Waals surface area contributed by atoms with E-state index in [9.17, 15) is 10.1 Å². The van der Waals surface area contributed by atoms with Crippen LogP contribution in [0.15, 0.2) is 42.0 Å². The second kappa shape index (κ2) is 7.71. The summed E-state index contributed by atoms with van der Waals surface area (Å²) in [5.41, 5.74) is 4.29. The number of nitrogens with zero attached hydrogens (tertiary/aromatic N) is 3. The van der Waals surface area contributed by atoms with Crippen molar-refractivity contribution in [3.05, 3.63) is 59.1 Å². The largest absolute Gasteiger partial charge is 0.293 e. The van der Waals surface area contributed by atoms with Crippen LogP contribution in [-0.4, -0.2) is 15.8 Å². The van der Waals surface area contributed by atoms with Crippen molar-refractivity contribution in [2.24, 2.45) is 11.8 Å². The number of nitriles is 1. The van der Waals surface area contributed by atoms with Gasteiger partial charge >= 0.3 is 0 Å². The molecule has 0 radical (unpaired) electrons. The highest BCUT2D eigenvalue weighted by molar-refractivity contribution is 6.02. The topological polar surface area (TPSA) is 66.6 Å². The summed E-state index contributed by atoms with van der Waals surface area (Å²) in [5.74, 6) is 1.34. The van der Waals surface area contributed by atoms with Crippen LogP contribution in [0.5, 0.6) is 0 Å². The maximum absolute atomic E-state index is 12.7. The normalized spacial score (nSPS) is 28.3. The van der Waals surface area contributed by atoms with E-state index in [2.05, 4.69) is 37.3 Å². The van der Waals surface area contributed by atoms with Crippen LogP contribution < -0.4 is 0 Å². The molecule has 0 bridgehead atoms. The number of carbonyl (C=O) groups is 1. The number of allylic oxidation sites excluding steroid dienone is 2. The highest BCUT2D eigenvalue weighted by Gasteiger charge is 2.49. The molecular weight excluding hydrogens is 382 g/mol. The second-order valence-electron chi connectivity index (χ2n) is 9.71. The SMILES string of the molecule is CC1C(=O)C(C#N)=C[C@@]2(C)c3nc(C4CCCCC4)nc(-c4ccccc4)c3CCC12. The highest BCUT2D eigenvalue weighted by atomic mass is 16.1. The third-order valence-electron chi connectivity index (χ3n) is 7.87. The fourth-order valence-corrected chi connectivity index (χ4v) is 6.17. The van der Waals surface area contributed by atoms with Crippen LogP contribution in [-0.2, 0) is 16.6 Å². The van der Waals surface area contributed by atoms with Crippen molar-refractivity contribution in [3.8, 4) is 17.3 Å². The van der Waals surface area contributed by atoms with Gasteiger partial charge in [0.05, 0.1) is 17.0 Å². The first-order valence-corrected chi connectivity index (χ1v) is 11.7. The fraction of sp³-hybridized carbons (Fsp3) is 0.481. The summed E-state index contributed by atoms with van der Waals surface area (Å²) in [7, 11) is 0. The number of ketones is 1. The molecule has 0 N–H and O–H groups in total. The molecule has 2 unspecified atom stereocenters. The van der Waals surface area contributed by atoms with Crippen molar-refractivity contribution in [1.82, 2.24) is 9.97 Å². The standard InChI is InChI=1S/C27H29N3O/c1-17-22-14-13-21-23(18-9-5-3-6-10-18)29-26(19-11-7-4-8-12-19)30-25(21)27(22,2)15-20(16-28)24(17)31/h3,5-6,9-10,15,17,19,22H,4,7-8,11-14H2,1-2H3/t17?,22?,27-/m1/s1. The van der Waals surface area contributed by atoms with E-state index in [0.717, 1.165) is 48.5 Å². The average molecular weight is 412 g/mol. The van der Waals surface area contributed by atoms with Crippen molar-refractivity contribution in [2.75, 3.05) is 0 Å². The van der Waals surface area contributed by atoms with Crippen molar-refractivity contribution in [2.45, 2.75) is 70.1 Å². The molecule has 1 fully saturated rings. The lowest BCUT2D eigenvalue weighted by atomic mass is 9.57. The Labute approximate surface area is 184 Å². The third-order valence-corrected chi connectivity index (χ3v) is 7.87. The van der Waals surface area contributed by atoms with Gasteiger partial charge in [0.1, 0.15) is 11.9 Å². The van der Waals surface area contributed by atoms with Gasteiger partial charge < -0.3 is 0 Å². The molecule has 1 heterocycles. The van der Waals surface area contributed by atoms with Crippen molar-refractivity contribution >= 4 is 5.78 Å². The molecule has 158 valence electrons.